The number of likely N-dealkylation sites (N-methyl/N-ethyl adjacent to an activating group) is 1. The van der Waals surface area contributed by atoms with Gasteiger partial charge in [0, 0.05) is 70.9 Å². The second-order valence-electron chi connectivity index (χ2n) is 11.7. The third kappa shape index (κ3) is 7.33. The molecule has 11 nitrogen and oxygen atoms in total. The van der Waals surface area contributed by atoms with Gasteiger partial charge >= 0.3 is 6.01 Å². The Hall–Kier alpha value is -3.28. The van der Waals surface area contributed by atoms with Gasteiger partial charge in [-0.25, -0.2) is 0 Å². The molecule has 0 bridgehead atoms. The van der Waals surface area contributed by atoms with Gasteiger partial charge in [0.15, 0.2) is 0 Å². The zero-order valence-electron chi connectivity index (χ0n) is 24.5. The third-order valence-electron chi connectivity index (χ3n) is 8.45. The average molecular weight is 566 g/mol. The molecule has 1 aromatic heterocycles. The van der Waals surface area contributed by atoms with Crippen LogP contribution in [-0.4, -0.2) is 125 Å². The summed E-state index contributed by atoms with van der Waals surface area (Å²) in [5, 5.41) is 14.6. The molecular formula is C30H43N7O4. The second-order valence-corrected chi connectivity index (χ2v) is 11.7. The number of nitrogens with one attached hydrogen (secondary N) is 1. The Labute approximate surface area is 242 Å². The van der Waals surface area contributed by atoms with Gasteiger partial charge in [-0.3, -0.25) is 14.5 Å². The molecule has 2 saturated heterocycles. The maximum atomic E-state index is 13.7. The summed E-state index contributed by atoms with van der Waals surface area (Å²) in [5.74, 6) is 0.388. The molecule has 2 amide bonds. The molecule has 3 aliphatic rings. The summed E-state index contributed by atoms with van der Waals surface area (Å²) in [7, 11) is 3.92. The summed E-state index contributed by atoms with van der Waals surface area (Å²) in [6.07, 6.45) is 2.63. The Balaban J connectivity index is 1.25. The number of nitrogens with zero attached hydrogens (tertiary/aromatic N) is 6. The van der Waals surface area contributed by atoms with Crippen LogP contribution in [0.4, 0.5) is 5.82 Å². The first-order chi connectivity index (χ1) is 19.8. The lowest BCUT2D eigenvalue weighted by molar-refractivity contribution is -0.129. The Kier molecular flexibility index (Phi) is 9.36. The number of β-amino-alcohol motifs (C(OH)–C–C–N with tert-alkyl or cyclic N) is 1. The van der Waals surface area contributed by atoms with E-state index in [1.807, 2.05) is 23.9 Å². The molecule has 0 aliphatic carbocycles. The number of carbonyl (C=O) groups excluding carboxylic acids is 2. The molecule has 0 spiro atoms. The van der Waals surface area contributed by atoms with Crippen LogP contribution in [0.25, 0.3) is 0 Å². The smallest absolute Gasteiger partial charge is 0.319 e. The van der Waals surface area contributed by atoms with Crippen molar-refractivity contribution in [2.24, 2.45) is 0 Å². The minimum absolute atomic E-state index is 0.0147. The van der Waals surface area contributed by atoms with Crippen LogP contribution in [-0.2, 0) is 17.8 Å². The van der Waals surface area contributed by atoms with Crippen molar-refractivity contribution >= 4 is 17.6 Å². The number of amides is 2. The Bertz CT molecular complexity index is 1220. The number of aliphatic hydroxyl groups is 1. The van der Waals surface area contributed by atoms with Crippen molar-refractivity contribution in [2.75, 3.05) is 65.3 Å². The van der Waals surface area contributed by atoms with Crippen LogP contribution >= 0.6 is 0 Å². The number of piperidine rings is 2. The molecule has 2 aromatic rings. The topological polar surface area (TPSA) is 114 Å². The van der Waals surface area contributed by atoms with Crippen LogP contribution in [0.2, 0.25) is 0 Å². The highest BCUT2D eigenvalue weighted by atomic mass is 16.5. The quantitative estimate of drug-likeness (QED) is 0.491. The number of hydrogen-bond donors (Lipinski definition) is 2. The minimum Gasteiger partial charge on any atom is -0.462 e. The van der Waals surface area contributed by atoms with Gasteiger partial charge in [-0.2, -0.15) is 9.97 Å². The Morgan fingerprint density at radius 3 is 2.49 bits per heavy atom. The van der Waals surface area contributed by atoms with Crippen molar-refractivity contribution in [2.45, 2.75) is 57.3 Å². The predicted octanol–water partition coefficient (Wildman–Crippen LogP) is 1.47. The lowest BCUT2D eigenvalue weighted by atomic mass is 9.94. The fraction of sp³-hybridized carbons (Fsp3) is 0.600. The van der Waals surface area contributed by atoms with Crippen molar-refractivity contribution in [3.8, 4) is 6.01 Å². The van der Waals surface area contributed by atoms with Gasteiger partial charge in [-0.05, 0) is 50.9 Å². The van der Waals surface area contributed by atoms with E-state index in [2.05, 4.69) is 44.5 Å². The molecule has 41 heavy (non-hydrogen) atoms. The molecule has 2 N–H and O–H groups in total. The highest BCUT2D eigenvalue weighted by molar-refractivity contribution is 5.93. The average Bonchev–Trinajstić information content (AvgIpc) is 2.96. The summed E-state index contributed by atoms with van der Waals surface area (Å²) >= 11 is 0. The fourth-order valence-electron chi connectivity index (χ4n) is 6.03. The van der Waals surface area contributed by atoms with Crippen LogP contribution in [0.5, 0.6) is 6.01 Å². The fourth-order valence-corrected chi connectivity index (χ4v) is 6.03. The molecule has 1 aromatic carbocycles. The van der Waals surface area contributed by atoms with Gasteiger partial charge in [0.25, 0.3) is 5.91 Å². The molecule has 0 unspecified atom stereocenters. The molecule has 2 atom stereocenters. The number of anilines is 1. The van der Waals surface area contributed by atoms with Crippen LogP contribution in [0.1, 0.15) is 47.8 Å². The van der Waals surface area contributed by atoms with Gasteiger partial charge in [-0.1, -0.05) is 24.3 Å². The normalized spacial score (nSPS) is 22.0. The van der Waals surface area contributed by atoms with Gasteiger partial charge in [-0.15, -0.1) is 0 Å². The molecule has 11 heteroatoms. The third-order valence-corrected chi connectivity index (χ3v) is 8.45. The van der Waals surface area contributed by atoms with E-state index in [1.165, 1.54) is 11.1 Å². The van der Waals surface area contributed by atoms with Crippen LogP contribution < -0.4 is 10.1 Å². The highest BCUT2D eigenvalue weighted by Gasteiger charge is 2.36. The second kappa shape index (κ2) is 13.1. The zero-order valence-corrected chi connectivity index (χ0v) is 24.5. The summed E-state index contributed by atoms with van der Waals surface area (Å²) < 4.78 is 5.84. The zero-order chi connectivity index (χ0) is 28.9. The minimum atomic E-state index is -0.639. The molecule has 0 radical (unpaired) electrons. The first-order valence-electron chi connectivity index (χ1n) is 14.7. The maximum absolute atomic E-state index is 13.7. The standard InChI is InChI=1S/C30H43N7O4/c1-21(38)35-13-9-24(10-14-35)31-28-18-25(32-30(33-28)41-17-16-34(2)3)29(40)37-15-11-26(27(39)20-37)36-12-8-22-6-4-5-7-23(22)19-36/h4-7,18,24,26-27,39H,8-17,19-20H2,1-3H3,(H,31,32,33)/t26-,27-/m1/s1. The number of aromatic nitrogens is 2. The Morgan fingerprint density at radius 1 is 1.05 bits per heavy atom. The van der Waals surface area contributed by atoms with Gasteiger partial charge in [0.2, 0.25) is 5.91 Å². The number of benzene rings is 1. The Morgan fingerprint density at radius 2 is 1.78 bits per heavy atom. The van der Waals surface area contributed by atoms with Crippen molar-refractivity contribution < 1.29 is 19.4 Å². The number of carbonyl (C=O) groups is 2. The van der Waals surface area contributed by atoms with E-state index in [0.717, 1.165) is 32.4 Å². The number of hydrogen-bond acceptors (Lipinski definition) is 9. The van der Waals surface area contributed by atoms with Crippen molar-refractivity contribution in [3.05, 3.63) is 47.2 Å². The van der Waals surface area contributed by atoms with Crippen molar-refractivity contribution in [3.63, 3.8) is 0 Å². The van der Waals surface area contributed by atoms with Crippen molar-refractivity contribution in [1.82, 2.24) is 29.6 Å². The number of rotatable bonds is 8. The van der Waals surface area contributed by atoms with E-state index in [4.69, 9.17) is 4.74 Å². The van der Waals surface area contributed by atoms with Gasteiger partial charge in [0.05, 0.1) is 6.10 Å². The van der Waals surface area contributed by atoms with E-state index in [1.54, 1.807) is 17.9 Å². The van der Waals surface area contributed by atoms with E-state index < -0.39 is 6.10 Å². The van der Waals surface area contributed by atoms with E-state index >= 15 is 0 Å². The molecule has 3 aliphatic heterocycles. The van der Waals surface area contributed by atoms with Crippen molar-refractivity contribution in [1.29, 1.82) is 0 Å². The van der Waals surface area contributed by atoms with Crippen LogP contribution in [0.15, 0.2) is 30.3 Å². The number of fused-ring (bicyclic) bond motifs is 1. The molecule has 2 fully saturated rings. The van der Waals surface area contributed by atoms with Gasteiger partial charge < -0.3 is 29.9 Å². The first-order valence-corrected chi connectivity index (χ1v) is 14.7. The lowest BCUT2D eigenvalue weighted by Gasteiger charge is -2.43. The SMILES string of the molecule is CC(=O)N1CCC(Nc2cc(C(=O)N3CC[C@@H](N4CCc5ccccc5C4)[C@H](O)C3)nc(OCCN(C)C)n2)CC1. The summed E-state index contributed by atoms with van der Waals surface area (Å²) in [6, 6.07) is 10.5. The monoisotopic (exact) mass is 565 g/mol. The summed E-state index contributed by atoms with van der Waals surface area (Å²) in [6.45, 7) is 6.59. The molecular weight excluding hydrogens is 522 g/mol. The number of ether oxygens (including phenoxy) is 1. The molecule has 5 rings (SSSR count). The number of aliphatic hydroxyl groups excluding tert-OH is 1. The van der Waals surface area contributed by atoms with Crippen LogP contribution in [0, 0.1) is 0 Å². The van der Waals surface area contributed by atoms with Crippen LogP contribution in [0.3, 0.4) is 0 Å². The molecule has 222 valence electrons. The largest absolute Gasteiger partial charge is 0.462 e. The van der Waals surface area contributed by atoms with E-state index in [9.17, 15) is 14.7 Å². The van der Waals surface area contributed by atoms with E-state index in [-0.39, 0.29) is 42.1 Å². The first kappa shape index (κ1) is 29.2. The highest BCUT2D eigenvalue weighted by Crippen LogP contribution is 2.26. The summed E-state index contributed by atoms with van der Waals surface area (Å²) in [5.41, 5.74) is 2.95. The number of likely N-dealkylation sites (tertiary alicyclic amines) is 2. The van der Waals surface area contributed by atoms with E-state index in [0.29, 0.717) is 45.0 Å². The predicted molar refractivity (Wildman–Crippen MR) is 156 cm³/mol. The molecule has 4 heterocycles. The maximum Gasteiger partial charge on any atom is 0.319 e. The lowest BCUT2D eigenvalue weighted by Crippen LogP contribution is -2.56. The molecule has 0 saturated carbocycles. The van der Waals surface area contributed by atoms with Gasteiger partial charge in [0.1, 0.15) is 18.1 Å². The summed E-state index contributed by atoms with van der Waals surface area (Å²) in [4.78, 5) is 42.3.